The number of rotatable bonds is 3. The number of nitriles is 1. The molecule has 2 amide bonds. The lowest BCUT2D eigenvalue weighted by Gasteiger charge is -2.19. The van der Waals surface area contributed by atoms with E-state index in [1.165, 1.54) is 0 Å². The molecule has 0 spiro atoms. The largest absolute Gasteiger partial charge is 0.343 e. The van der Waals surface area contributed by atoms with Gasteiger partial charge in [-0.2, -0.15) is 5.26 Å². The van der Waals surface area contributed by atoms with E-state index in [-0.39, 0.29) is 24.4 Å². The lowest BCUT2D eigenvalue weighted by atomic mass is 10.0. The van der Waals surface area contributed by atoms with Gasteiger partial charge in [-0.05, 0) is 36.6 Å². The van der Waals surface area contributed by atoms with Gasteiger partial charge >= 0.3 is 0 Å². The fourth-order valence-electron chi connectivity index (χ4n) is 3.15. The van der Waals surface area contributed by atoms with E-state index in [2.05, 4.69) is 11.4 Å². The number of fused-ring (bicyclic) bond motifs is 1. The molecule has 24 heavy (non-hydrogen) atoms. The summed E-state index contributed by atoms with van der Waals surface area (Å²) in [7, 11) is 0. The van der Waals surface area contributed by atoms with Crippen LogP contribution in [0.2, 0.25) is 0 Å². The van der Waals surface area contributed by atoms with Gasteiger partial charge in [0.15, 0.2) is 0 Å². The Labute approximate surface area is 140 Å². The van der Waals surface area contributed by atoms with Crippen molar-refractivity contribution in [3.8, 4) is 6.07 Å². The van der Waals surface area contributed by atoms with Gasteiger partial charge in [-0.25, -0.2) is 0 Å². The molecule has 1 heterocycles. The number of nitrogens with one attached hydrogen (secondary N) is 1. The quantitative estimate of drug-likeness (QED) is 0.943. The van der Waals surface area contributed by atoms with Crippen LogP contribution in [0.3, 0.4) is 0 Å². The van der Waals surface area contributed by atoms with Gasteiger partial charge in [-0.3, -0.25) is 9.59 Å². The highest BCUT2D eigenvalue weighted by Gasteiger charge is 2.28. The second-order valence-electron chi connectivity index (χ2n) is 6.09. The zero-order chi connectivity index (χ0) is 17.1. The molecule has 0 radical (unpaired) electrons. The molecule has 1 aliphatic heterocycles. The third kappa shape index (κ3) is 3.09. The van der Waals surface area contributed by atoms with E-state index < -0.39 is 0 Å². The zero-order valence-electron chi connectivity index (χ0n) is 13.6. The summed E-state index contributed by atoms with van der Waals surface area (Å²) in [6.45, 7) is 2.51. The molecular weight excluding hydrogens is 302 g/mol. The Bertz CT molecular complexity index is 838. The molecule has 2 aromatic rings. The Morgan fingerprint density at radius 3 is 2.96 bits per heavy atom. The molecule has 3 rings (SSSR count). The highest BCUT2D eigenvalue weighted by Crippen LogP contribution is 2.20. The summed E-state index contributed by atoms with van der Waals surface area (Å²) in [6, 6.07) is 13.2. The monoisotopic (exact) mass is 321 g/mol. The number of likely N-dealkylation sites (tertiary alicyclic amines) is 1. The normalized spacial score (nSPS) is 16.8. The molecule has 0 unspecified atom stereocenters. The van der Waals surface area contributed by atoms with Crippen LogP contribution in [0.4, 0.5) is 0 Å². The smallest absolute Gasteiger partial charge is 0.252 e. The summed E-state index contributed by atoms with van der Waals surface area (Å²) in [4.78, 5) is 26.2. The van der Waals surface area contributed by atoms with Crippen LogP contribution in [-0.4, -0.2) is 35.8 Å². The first-order valence-corrected chi connectivity index (χ1v) is 8.07. The van der Waals surface area contributed by atoms with Gasteiger partial charge in [-0.15, -0.1) is 0 Å². The van der Waals surface area contributed by atoms with E-state index in [1.807, 2.05) is 37.3 Å². The van der Waals surface area contributed by atoms with Crippen molar-refractivity contribution in [2.45, 2.75) is 25.8 Å². The van der Waals surface area contributed by atoms with Crippen LogP contribution < -0.4 is 5.32 Å². The van der Waals surface area contributed by atoms with Crippen LogP contribution >= 0.6 is 0 Å². The van der Waals surface area contributed by atoms with Crippen molar-refractivity contribution in [2.75, 3.05) is 13.1 Å². The first-order valence-electron chi connectivity index (χ1n) is 8.07. The van der Waals surface area contributed by atoms with E-state index >= 15 is 0 Å². The van der Waals surface area contributed by atoms with E-state index in [0.717, 1.165) is 22.8 Å². The summed E-state index contributed by atoms with van der Waals surface area (Å²) in [5.74, 6) is -0.478. The molecule has 2 aromatic carbocycles. The molecule has 0 bridgehead atoms. The van der Waals surface area contributed by atoms with Crippen molar-refractivity contribution in [2.24, 2.45) is 0 Å². The Balaban J connectivity index is 1.72. The number of nitrogens with zero attached hydrogens (tertiary/aromatic N) is 2. The fourth-order valence-corrected chi connectivity index (χ4v) is 3.15. The maximum Gasteiger partial charge on any atom is 0.252 e. The minimum absolute atomic E-state index is 0.0841. The molecule has 1 fully saturated rings. The van der Waals surface area contributed by atoms with Crippen molar-refractivity contribution in [1.82, 2.24) is 10.2 Å². The lowest BCUT2D eigenvalue weighted by Crippen LogP contribution is -2.42. The summed E-state index contributed by atoms with van der Waals surface area (Å²) >= 11 is 0. The number of amides is 2. The van der Waals surface area contributed by atoms with Crippen LogP contribution in [0.15, 0.2) is 36.4 Å². The molecule has 5 heteroatoms. The first kappa shape index (κ1) is 16.0. The van der Waals surface area contributed by atoms with Crippen molar-refractivity contribution < 1.29 is 9.59 Å². The van der Waals surface area contributed by atoms with Gasteiger partial charge < -0.3 is 10.2 Å². The highest BCUT2D eigenvalue weighted by molar-refractivity contribution is 6.07. The lowest BCUT2D eigenvalue weighted by molar-refractivity contribution is -0.130. The Morgan fingerprint density at radius 1 is 1.33 bits per heavy atom. The second-order valence-corrected chi connectivity index (χ2v) is 6.09. The Hall–Kier alpha value is -2.87. The highest BCUT2D eigenvalue weighted by atomic mass is 16.2. The molecule has 1 N–H and O–H groups in total. The number of aryl methyl sites for hydroxylation is 1. The molecule has 0 aromatic heterocycles. The zero-order valence-corrected chi connectivity index (χ0v) is 13.6. The van der Waals surface area contributed by atoms with E-state index in [0.29, 0.717) is 18.5 Å². The van der Waals surface area contributed by atoms with Crippen molar-refractivity contribution in [3.63, 3.8) is 0 Å². The predicted molar refractivity (Wildman–Crippen MR) is 91.4 cm³/mol. The predicted octanol–water partition coefficient (Wildman–Crippen LogP) is 2.39. The fraction of sp³-hybridized carbons (Fsp3) is 0.316. The van der Waals surface area contributed by atoms with Crippen LogP contribution in [0.1, 0.15) is 28.8 Å². The van der Waals surface area contributed by atoms with Crippen molar-refractivity contribution in [3.05, 3.63) is 47.5 Å². The molecule has 0 saturated carbocycles. The summed E-state index contributed by atoms with van der Waals surface area (Å²) in [6.07, 6.45) is 1.54. The van der Waals surface area contributed by atoms with Crippen molar-refractivity contribution in [1.29, 1.82) is 5.26 Å². The SMILES string of the molecule is Cc1ccc2c(C(=O)NCC(=O)N3CCC[C@H]3C#N)cccc2c1. The molecule has 5 nitrogen and oxygen atoms in total. The summed E-state index contributed by atoms with van der Waals surface area (Å²) in [5.41, 5.74) is 1.69. The standard InChI is InChI=1S/C19H19N3O2/c1-13-7-8-16-14(10-13)4-2-6-17(16)19(24)21-12-18(23)22-9-3-5-15(22)11-20/h2,4,6-8,10,15H,3,5,9,12H2,1H3,(H,21,24)/t15-/m0/s1. The number of hydrogen-bond donors (Lipinski definition) is 1. The number of carbonyl (C=O) groups is 2. The van der Waals surface area contributed by atoms with E-state index in [4.69, 9.17) is 5.26 Å². The molecule has 1 aliphatic rings. The topological polar surface area (TPSA) is 73.2 Å². The van der Waals surface area contributed by atoms with E-state index in [9.17, 15) is 9.59 Å². The molecule has 122 valence electrons. The van der Waals surface area contributed by atoms with Gasteiger partial charge in [0, 0.05) is 12.1 Å². The van der Waals surface area contributed by atoms with Crippen LogP contribution in [0.25, 0.3) is 10.8 Å². The average Bonchev–Trinajstić information content (AvgIpc) is 3.07. The molecule has 1 saturated heterocycles. The minimum atomic E-state index is -0.366. The molecule has 1 atom stereocenters. The van der Waals surface area contributed by atoms with Crippen LogP contribution in [0.5, 0.6) is 0 Å². The first-order chi connectivity index (χ1) is 11.6. The van der Waals surface area contributed by atoms with Crippen molar-refractivity contribution >= 4 is 22.6 Å². The Morgan fingerprint density at radius 2 is 2.17 bits per heavy atom. The Kier molecular flexibility index (Phi) is 4.48. The summed E-state index contributed by atoms with van der Waals surface area (Å²) < 4.78 is 0. The second kappa shape index (κ2) is 6.71. The number of hydrogen-bond acceptors (Lipinski definition) is 3. The van der Waals surface area contributed by atoms with Gasteiger partial charge in [0.05, 0.1) is 12.6 Å². The maximum atomic E-state index is 12.5. The summed E-state index contributed by atoms with van der Waals surface area (Å²) in [5, 5.41) is 13.6. The molecular formula is C19H19N3O2. The van der Waals surface area contributed by atoms with Crippen LogP contribution in [0, 0.1) is 18.3 Å². The third-order valence-corrected chi connectivity index (χ3v) is 4.40. The van der Waals surface area contributed by atoms with Gasteiger partial charge in [0.1, 0.15) is 6.04 Å². The molecule has 0 aliphatic carbocycles. The average molecular weight is 321 g/mol. The minimum Gasteiger partial charge on any atom is -0.343 e. The number of benzene rings is 2. The maximum absolute atomic E-state index is 12.5. The van der Waals surface area contributed by atoms with E-state index in [1.54, 1.807) is 11.0 Å². The van der Waals surface area contributed by atoms with Gasteiger partial charge in [0.2, 0.25) is 5.91 Å². The van der Waals surface area contributed by atoms with Crippen LogP contribution in [-0.2, 0) is 4.79 Å². The number of carbonyl (C=O) groups excluding carboxylic acids is 2. The third-order valence-electron chi connectivity index (χ3n) is 4.40. The van der Waals surface area contributed by atoms with Gasteiger partial charge in [0.25, 0.3) is 5.91 Å². The van der Waals surface area contributed by atoms with Gasteiger partial charge in [-0.1, -0.05) is 35.9 Å².